The van der Waals surface area contributed by atoms with Gasteiger partial charge in [-0.1, -0.05) is 23.2 Å². The summed E-state index contributed by atoms with van der Waals surface area (Å²) >= 11 is 11.6. The van der Waals surface area contributed by atoms with E-state index < -0.39 is 5.97 Å². The van der Waals surface area contributed by atoms with Crippen LogP contribution in [0, 0.1) is 0 Å². The highest BCUT2D eigenvalue weighted by Crippen LogP contribution is 2.26. The number of likely N-dealkylation sites (N-methyl/N-ethyl adjacent to an activating group) is 1. The molecule has 0 aliphatic carbocycles. The van der Waals surface area contributed by atoms with E-state index in [1.165, 1.54) is 4.90 Å². The lowest BCUT2D eigenvalue weighted by atomic mass is 10.3. The van der Waals surface area contributed by atoms with Crippen LogP contribution in [-0.4, -0.2) is 41.6 Å². The molecule has 0 aromatic heterocycles. The zero-order valence-electron chi connectivity index (χ0n) is 10.9. The van der Waals surface area contributed by atoms with Crippen LogP contribution in [0.3, 0.4) is 0 Å². The van der Waals surface area contributed by atoms with Crippen LogP contribution in [0.15, 0.2) is 18.2 Å². The molecule has 5 nitrogen and oxygen atoms in total. The standard InChI is InChI=1S/C13H15Cl2NO4/c1-2-16(8-13(18)19)12(17)5-6-20-9-3-4-10(14)11(15)7-9/h3-4,7H,2,5-6,8H2,1H3,(H,18,19). The van der Waals surface area contributed by atoms with Crippen LogP contribution >= 0.6 is 23.2 Å². The average Bonchev–Trinajstić information content (AvgIpc) is 2.39. The number of carboxylic acid groups (broad SMARTS) is 1. The monoisotopic (exact) mass is 319 g/mol. The molecule has 0 saturated heterocycles. The van der Waals surface area contributed by atoms with Crippen LogP contribution in [0.1, 0.15) is 13.3 Å². The number of benzene rings is 1. The van der Waals surface area contributed by atoms with Gasteiger partial charge in [-0.3, -0.25) is 9.59 Å². The van der Waals surface area contributed by atoms with E-state index in [9.17, 15) is 9.59 Å². The van der Waals surface area contributed by atoms with Crippen molar-refractivity contribution in [3.05, 3.63) is 28.2 Å². The number of nitrogens with zero attached hydrogens (tertiary/aromatic N) is 1. The molecule has 0 spiro atoms. The Morgan fingerprint density at radius 3 is 2.55 bits per heavy atom. The van der Waals surface area contributed by atoms with Gasteiger partial charge in [0.1, 0.15) is 12.3 Å². The smallest absolute Gasteiger partial charge is 0.323 e. The Kier molecular flexibility index (Phi) is 6.61. The SMILES string of the molecule is CCN(CC(=O)O)C(=O)CCOc1ccc(Cl)c(Cl)c1. The van der Waals surface area contributed by atoms with Gasteiger partial charge in [0, 0.05) is 12.6 Å². The molecule has 7 heteroatoms. The number of carbonyl (C=O) groups is 2. The quantitative estimate of drug-likeness (QED) is 0.839. The van der Waals surface area contributed by atoms with Gasteiger partial charge in [-0.15, -0.1) is 0 Å². The summed E-state index contributed by atoms with van der Waals surface area (Å²) in [6.07, 6.45) is 0.0986. The van der Waals surface area contributed by atoms with Gasteiger partial charge < -0.3 is 14.7 Å². The molecule has 0 atom stereocenters. The van der Waals surface area contributed by atoms with Crippen LogP contribution in [0.2, 0.25) is 10.0 Å². The lowest BCUT2D eigenvalue weighted by Crippen LogP contribution is -2.36. The van der Waals surface area contributed by atoms with Gasteiger partial charge in [0.2, 0.25) is 5.91 Å². The summed E-state index contributed by atoms with van der Waals surface area (Å²) in [5.74, 6) is -0.797. The second-order valence-electron chi connectivity index (χ2n) is 3.98. The molecule has 1 aromatic rings. The number of carboxylic acids is 1. The summed E-state index contributed by atoms with van der Waals surface area (Å²) < 4.78 is 5.37. The molecule has 0 radical (unpaired) electrons. The fourth-order valence-corrected chi connectivity index (χ4v) is 1.81. The topological polar surface area (TPSA) is 66.8 Å². The molecule has 0 bridgehead atoms. The van der Waals surface area contributed by atoms with Crippen molar-refractivity contribution < 1.29 is 19.4 Å². The van der Waals surface area contributed by atoms with E-state index in [-0.39, 0.29) is 25.5 Å². The minimum Gasteiger partial charge on any atom is -0.493 e. The van der Waals surface area contributed by atoms with Crippen LogP contribution in [-0.2, 0) is 9.59 Å². The number of hydrogen-bond donors (Lipinski definition) is 1. The van der Waals surface area contributed by atoms with Crippen molar-refractivity contribution in [1.29, 1.82) is 0 Å². The molecule has 0 aliphatic rings. The lowest BCUT2D eigenvalue weighted by Gasteiger charge is -2.18. The summed E-state index contributed by atoms with van der Waals surface area (Å²) in [5, 5.41) is 9.47. The Hall–Kier alpha value is -1.46. The maximum atomic E-state index is 11.8. The Morgan fingerprint density at radius 1 is 1.30 bits per heavy atom. The predicted molar refractivity (Wildman–Crippen MR) is 76.5 cm³/mol. The molecule has 0 fully saturated rings. The second kappa shape index (κ2) is 7.97. The van der Waals surface area contributed by atoms with E-state index >= 15 is 0 Å². The van der Waals surface area contributed by atoms with Gasteiger partial charge in [-0.25, -0.2) is 0 Å². The third-order valence-corrected chi connectivity index (χ3v) is 3.28. The van der Waals surface area contributed by atoms with Gasteiger partial charge in [-0.05, 0) is 19.1 Å². The molecule has 1 aromatic carbocycles. The number of amides is 1. The molecular formula is C13H15Cl2NO4. The highest BCUT2D eigenvalue weighted by Gasteiger charge is 2.14. The molecule has 20 heavy (non-hydrogen) atoms. The van der Waals surface area contributed by atoms with E-state index in [4.69, 9.17) is 33.0 Å². The third kappa shape index (κ3) is 5.27. The number of carbonyl (C=O) groups excluding carboxylic acids is 1. The molecule has 0 heterocycles. The maximum absolute atomic E-state index is 11.8. The minimum absolute atomic E-state index is 0.0986. The van der Waals surface area contributed by atoms with Crippen molar-refractivity contribution in [3.8, 4) is 5.75 Å². The van der Waals surface area contributed by atoms with E-state index in [0.29, 0.717) is 22.3 Å². The Labute approximate surface area is 127 Å². The summed E-state index contributed by atoms with van der Waals surface area (Å²) in [5.41, 5.74) is 0. The number of halogens is 2. The van der Waals surface area contributed by atoms with Crippen molar-refractivity contribution >= 4 is 35.1 Å². The van der Waals surface area contributed by atoms with Crippen LogP contribution < -0.4 is 4.74 Å². The molecule has 110 valence electrons. The zero-order valence-corrected chi connectivity index (χ0v) is 12.4. The van der Waals surface area contributed by atoms with E-state index in [1.807, 2.05) is 0 Å². The van der Waals surface area contributed by atoms with Gasteiger partial charge >= 0.3 is 5.97 Å². The van der Waals surface area contributed by atoms with Crippen molar-refractivity contribution in [1.82, 2.24) is 4.90 Å². The molecule has 0 aliphatic heterocycles. The van der Waals surface area contributed by atoms with Gasteiger partial charge in [-0.2, -0.15) is 0 Å². The summed E-state index contributed by atoms with van der Waals surface area (Å²) in [4.78, 5) is 23.6. The van der Waals surface area contributed by atoms with Crippen LogP contribution in [0.25, 0.3) is 0 Å². The van der Waals surface area contributed by atoms with E-state index in [1.54, 1.807) is 25.1 Å². The minimum atomic E-state index is -1.04. The first-order chi connectivity index (χ1) is 9.43. The summed E-state index contributed by atoms with van der Waals surface area (Å²) in [6.45, 7) is 1.91. The number of rotatable bonds is 7. The van der Waals surface area contributed by atoms with Gasteiger partial charge in [0.15, 0.2) is 0 Å². The van der Waals surface area contributed by atoms with Crippen molar-refractivity contribution in [2.24, 2.45) is 0 Å². The van der Waals surface area contributed by atoms with Crippen LogP contribution in [0.4, 0.5) is 0 Å². The first-order valence-electron chi connectivity index (χ1n) is 6.01. The fraction of sp³-hybridized carbons (Fsp3) is 0.385. The fourth-order valence-electron chi connectivity index (χ4n) is 1.52. The third-order valence-electron chi connectivity index (χ3n) is 2.54. The Morgan fingerprint density at radius 2 is 2.00 bits per heavy atom. The second-order valence-corrected chi connectivity index (χ2v) is 4.79. The zero-order chi connectivity index (χ0) is 15.1. The van der Waals surface area contributed by atoms with Crippen molar-refractivity contribution in [2.75, 3.05) is 19.7 Å². The molecule has 1 rings (SSSR count). The predicted octanol–water partition coefficient (Wildman–Crippen LogP) is 2.70. The first-order valence-corrected chi connectivity index (χ1v) is 6.77. The molecule has 0 unspecified atom stereocenters. The number of hydrogen-bond acceptors (Lipinski definition) is 3. The molecule has 1 amide bonds. The average molecular weight is 320 g/mol. The highest BCUT2D eigenvalue weighted by atomic mass is 35.5. The van der Waals surface area contributed by atoms with E-state index in [0.717, 1.165) is 0 Å². The van der Waals surface area contributed by atoms with Crippen LogP contribution in [0.5, 0.6) is 5.75 Å². The highest BCUT2D eigenvalue weighted by molar-refractivity contribution is 6.42. The summed E-state index contributed by atoms with van der Waals surface area (Å²) in [7, 11) is 0. The Balaban J connectivity index is 2.44. The number of ether oxygens (including phenoxy) is 1. The summed E-state index contributed by atoms with van der Waals surface area (Å²) in [6, 6.07) is 4.81. The first kappa shape index (κ1) is 16.6. The van der Waals surface area contributed by atoms with E-state index in [2.05, 4.69) is 0 Å². The van der Waals surface area contributed by atoms with Crippen molar-refractivity contribution in [3.63, 3.8) is 0 Å². The van der Waals surface area contributed by atoms with Crippen molar-refractivity contribution in [2.45, 2.75) is 13.3 Å². The van der Waals surface area contributed by atoms with Gasteiger partial charge in [0.25, 0.3) is 0 Å². The molecular weight excluding hydrogens is 305 g/mol. The maximum Gasteiger partial charge on any atom is 0.323 e. The molecule has 0 saturated carbocycles. The molecule has 1 N–H and O–H groups in total. The Bertz CT molecular complexity index is 493. The largest absolute Gasteiger partial charge is 0.493 e. The number of aliphatic carboxylic acids is 1. The van der Waals surface area contributed by atoms with Gasteiger partial charge in [0.05, 0.1) is 23.1 Å². The lowest BCUT2D eigenvalue weighted by molar-refractivity contribution is -0.144. The normalized spacial score (nSPS) is 10.2.